The summed E-state index contributed by atoms with van der Waals surface area (Å²) >= 11 is 0. The molecule has 5 rings (SSSR count). The van der Waals surface area contributed by atoms with Crippen LogP contribution in [-0.4, -0.2) is 0 Å². The number of halogens is 5. The quantitative estimate of drug-likeness (QED) is 0.0945. The van der Waals surface area contributed by atoms with Crippen molar-refractivity contribution in [1.82, 2.24) is 0 Å². The highest BCUT2D eigenvalue weighted by atomic mass is 35.5. The van der Waals surface area contributed by atoms with E-state index in [0.717, 1.165) is 32.7 Å². The molecule has 0 saturated carbocycles. The highest BCUT2D eigenvalue weighted by molar-refractivity contribution is 5.03. The van der Waals surface area contributed by atoms with E-state index in [-0.39, 0.29) is 62.0 Å². The molecule has 5 aromatic heterocycles. The Morgan fingerprint density at radius 2 is 0.533 bits per heavy atom. The van der Waals surface area contributed by atoms with Gasteiger partial charge in [-0.25, -0.2) is 22.8 Å². The van der Waals surface area contributed by atoms with E-state index in [2.05, 4.69) is 214 Å². The molecule has 60 heavy (non-hydrogen) atoms. The van der Waals surface area contributed by atoms with Gasteiger partial charge in [-0.3, -0.25) is 0 Å². The second kappa shape index (κ2) is 44.3. The minimum absolute atomic E-state index is 0. The third-order valence-corrected chi connectivity index (χ3v) is 9.42. The molecule has 0 aliphatic rings. The summed E-state index contributed by atoms with van der Waals surface area (Å²) in [5.74, 6) is 0. The smallest absolute Gasteiger partial charge is 0.178 e. The number of nitrogens with zero attached hydrogens (tertiary/aromatic N) is 5. The Labute approximate surface area is 399 Å². The molecule has 0 fully saturated rings. The summed E-state index contributed by atoms with van der Waals surface area (Å²) in [5.41, 5.74) is 6.71. The summed E-state index contributed by atoms with van der Waals surface area (Å²) < 4.78 is 11.4. The van der Waals surface area contributed by atoms with Crippen molar-refractivity contribution in [3.05, 3.63) is 150 Å². The Balaban J connectivity index is -0.000000206. The normalized spacial score (nSPS) is 9.17. The van der Waals surface area contributed by atoms with Crippen LogP contribution in [0.5, 0.6) is 0 Å². The van der Waals surface area contributed by atoms with E-state index >= 15 is 0 Å². The summed E-state index contributed by atoms with van der Waals surface area (Å²) in [5, 5.41) is 0. The highest BCUT2D eigenvalue weighted by Crippen LogP contribution is 1.95. The molecule has 0 atom stereocenters. The highest BCUT2D eigenvalue weighted by Gasteiger charge is 2.03. The van der Waals surface area contributed by atoms with E-state index < -0.39 is 0 Å². The standard InChI is InChI=1S/5C10H16N.5ClH/c2*1-3-4-7-11-8-5-10(2)6-9-11;3*1-3-4-8-11-9-6-5-7-10(11)2;;;;;/h2*5-6,8-9H,3-4,7H2,1-2H3;3*5-7,9H,3-4,8H2,1-2H3;5*1H/q5*+1;;;;;/p-5. The van der Waals surface area contributed by atoms with Gasteiger partial charge in [0.2, 0.25) is 0 Å². The van der Waals surface area contributed by atoms with Gasteiger partial charge in [-0.05, 0) is 25.0 Å². The maximum absolute atomic E-state index is 2.30. The number of rotatable bonds is 15. The first-order chi connectivity index (χ1) is 26.7. The lowest BCUT2D eigenvalue weighted by atomic mass is 10.3. The second-order valence-electron chi connectivity index (χ2n) is 14.6. The zero-order valence-electron chi connectivity index (χ0n) is 38.8. The SMILES string of the molecule is CCCC[n+]1ccc(C)cc1.CCCC[n+]1ccc(C)cc1.CCCC[n+]1ccccc1C.CCCC[n+]1ccccc1C.CCCC[n+]1ccccc1C.[Cl-].[Cl-].[Cl-].[Cl-].[Cl-]. The van der Waals surface area contributed by atoms with Gasteiger partial charge >= 0.3 is 0 Å². The van der Waals surface area contributed by atoms with Crippen LogP contribution in [0.2, 0.25) is 0 Å². The lowest BCUT2D eigenvalue weighted by molar-refractivity contribution is -0.703. The largest absolute Gasteiger partial charge is 1.00 e. The topological polar surface area (TPSA) is 19.4 Å². The third-order valence-electron chi connectivity index (χ3n) is 9.42. The summed E-state index contributed by atoms with van der Waals surface area (Å²) in [6, 6.07) is 27.5. The lowest BCUT2D eigenvalue weighted by Gasteiger charge is -1.97. The molecule has 340 valence electrons. The van der Waals surface area contributed by atoms with E-state index in [0.29, 0.717) is 0 Å². The first kappa shape index (κ1) is 66.3. The number of hydrogen-bond acceptors (Lipinski definition) is 0. The molecule has 0 spiro atoms. The fourth-order valence-corrected chi connectivity index (χ4v) is 5.47. The van der Waals surface area contributed by atoms with Gasteiger partial charge in [0.25, 0.3) is 0 Å². The first-order valence-electron chi connectivity index (χ1n) is 21.4. The summed E-state index contributed by atoms with van der Waals surface area (Å²) in [4.78, 5) is 0. The van der Waals surface area contributed by atoms with E-state index in [1.807, 2.05) is 0 Å². The van der Waals surface area contributed by atoms with Crippen molar-refractivity contribution >= 4 is 0 Å². The van der Waals surface area contributed by atoms with Crippen LogP contribution in [0.15, 0.2) is 122 Å². The van der Waals surface area contributed by atoms with Crippen molar-refractivity contribution in [1.29, 1.82) is 0 Å². The molecule has 5 heterocycles. The molecule has 0 radical (unpaired) electrons. The van der Waals surface area contributed by atoms with Gasteiger partial charge in [0.05, 0.1) is 0 Å². The lowest BCUT2D eigenvalue weighted by Crippen LogP contribution is -3.00. The molecule has 0 unspecified atom stereocenters. The average molecular weight is 928 g/mol. The van der Waals surface area contributed by atoms with Crippen molar-refractivity contribution in [2.24, 2.45) is 0 Å². The van der Waals surface area contributed by atoms with Crippen molar-refractivity contribution in [3.63, 3.8) is 0 Å². The van der Waals surface area contributed by atoms with Crippen molar-refractivity contribution in [2.45, 2.75) is 166 Å². The molecule has 0 aliphatic carbocycles. The molecule has 5 nitrogen and oxygen atoms in total. The van der Waals surface area contributed by atoms with Gasteiger partial charge in [0, 0.05) is 114 Å². The molecular weight excluding hydrogens is 848 g/mol. The molecular formula is C50H80Cl5N5. The third kappa shape index (κ3) is 32.9. The van der Waals surface area contributed by atoms with E-state index in [9.17, 15) is 0 Å². The zero-order chi connectivity index (χ0) is 40.5. The van der Waals surface area contributed by atoms with Gasteiger partial charge in [-0.2, -0.15) is 0 Å². The van der Waals surface area contributed by atoms with Gasteiger partial charge < -0.3 is 62.0 Å². The summed E-state index contributed by atoms with van der Waals surface area (Å²) in [7, 11) is 0. The van der Waals surface area contributed by atoms with Crippen LogP contribution in [0.1, 0.15) is 127 Å². The predicted molar refractivity (Wildman–Crippen MR) is 231 cm³/mol. The predicted octanol–water partition coefficient (Wildman–Crippen LogP) is -4.57. The van der Waals surface area contributed by atoms with Crippen LogP contribution in [0.3, 0.4) is 0 Å². The van der Waals surface area contributed by atoms with Crippen LogP contribution in [0.4, 0.5) is 0 Å². The second-order valence-corrected chi connectivity index (χ2v) is 14.6. The Kier molecular flexibility index (Phi) is 48.9. The fourth-order valence-electron chi connectivity index (χ4n) is 5.47. The molecule has 0 aromatic carbocycles. The van der Waals surface area contributed by atoms with Crippen LogP contribution in [0, 0.1) is 34.6 Å². The molecule has 10 heteroatoms. The molecule has 0 saturated heterocycles. The molecule has 0 amide bonds. The Hall–Kier alpha value is -2.80. The number of aryl methyl sites for hydroxylation is 10. The average Bonchev–Trinajstić information content (AvgIpc) is 3.20. The minimum atomic E-state index is 0. The van der Waals surface area contributed by atoms with Crippen molar-refractivity contribution < 1.29 is 84.9 Å². The molecule has 0 N–H and O–H groups in total. The first-order valence-corrected chi connectivity index (χ1v) is 21.4. The summed E-state index contributed by atoms with van der Waals surface area (Å²) in [6.07, 6.45) is 27.7. The van der Waals surface area contributed by atoms with E-state index in [4.69, 9.17) is 0 Å². The minimum Gasteiger partial charge on any atom is -1.00 e. The van der Waals surface area contributed by atoms with Crippen molar-refractivity contribution in [2.75, 3.05) is 0 Å². The zero-order valence-corrected chi connectivity index (χ0v) is 42.6. The van der Waals surface area contributed by atoms with Gasteiger partial charge in [0.1, 0.15) is 32.7 Å². The van der Waals surface area contributed by atoms with Crippen molar-refractivity contribution in [3.8, 4) is 0 Å². The summed E-state index contributed by atoms with van der Waals surface area (Å²) in [6.45, 7) is 27.5. The fraction of sp³-hybridized carbons (Fsp3) is 0.500. The maximum atomic E-state index is 2.30. The van der Waals surface area contributed by atoms with E-state index in [1.54, 1.807) is 0 Å². The van der Waals surface area contributed by atoms with Gasteiger partial charge in [-0.15, -0.1) is 0 Å². The van der Waals surface area contributed by atoms with Crippen LogP contribution in [-0.2, 0) is 32.7 Å². The number of pyridine rings is 5. The van der Waals surface area contributed by atoms with Gasteiger partial charge in [0.15, 0.2) is 60.5 Å². The number of unbranched alkanes of at least 4 members (excludes halogenated alkanes) is 5. The number of hydrogen-bond donors (Lipinski definition) is 0. The molecule has 0 aliphatic heterocycles. The van der Waals surface area contributed by atoms with Crippen LogP contribution >= 0.6 is 0 Å². The Bertz CT molecular complexity index is 1490. The molecule has 5 aromatic rings. The van der Waals surface area contributed by atoms with Gasteiger partial charge in [-0.1, -0.05) is 84.9 Å². The van der Waals surface area contributed by atoms with Crippen LogP contribution in [0.25, 0.3) is 0 Å². The molecule has 0 bridgehead atoms. The Morgan fingerprint density at radius 3 is 0.750 bits per heavy atom. The Morgan fingerprint density at radius 1 is 0.300 bits per heavy atom. The monoisotopic (exact) mass is 925 g/mol. The maximum Gasteiger partial charge on any atom is 0.178 e. The number of aromatic nitrogens is 5. The van der Waals surface area contributed by atoms with Crippen LogP contribution < -0.4 is 84.9 Å². The van der Waals surface area contributed by atoms with E-state index in [1.165, 1.54) is 92.4 Å².